The minimum absolute atomic E-state index is 0.106. The largest absolute Gasteiger partial charge is 0.459 e. The molecule has 1 N–H and O–H groups in total. The van der Waals surface area contributed by atoms with E-state index in [1.807, 2.05) is 44.2 Å². The molecular weight excluding hydrogens is 354 g/mol. The lowest BCUT2D eigenvalue weighted by molar-refractivity contribution is 0.0936. The predicted molar refractivity (Wildman–Crippen MR) is 109 cm³/mol. The van der Waals surface area contributed by atoms with Crippen molar-refractivity contribution in [2.45, 2.75) is 33.4 Å². The van der Waals surface area contributed by atoms with Crippen LogP contribution in [-0.2, 0) is 6.54 Å². The summed E-state index contributed by atoms with van der Waals surface area (Å²) in [7, 11) is 0. The molecule has 0 radical (unpaired) electrons. The van der Waals surface area contributed by atoms with Crippen LogP contribution in [0.3, 0.4) is 0 Å². The summed E-state index contributed by atoms with van der Waals surface area (Å²) in [6.45, 7) is 6.03. The van der Waals surface area contributed by atoms with Crippen LogP contribution < -0.4 is 10.9 Å². The summed E-state index contributed by atoms with van der Waals surface area (Å²) in [5.41, 5.74) is 2.95. The third-order valence-electron chi connectivity index (χ3n) is 4.91. The molecule has 0 aliphatic rings. The van der Waals surface area contributed by atoms with Crippen molar-refractivity contribution in [2.75, 3.05) is 0 Å². The molecule has 1 atom stereocenters. The average molecular weight is 375 g/mol. The Hall–Kier alpha value is -3.41. The zero-order valence-corrected chi connectivity index (χ0v) is 16.0. The number of nitrogens with one attached hydrogen (secondary N) is 1. The molecule has 0 bridgehead atoms. The Balaban J connectivity index is 1.63. The van der Waals surface area contributed by atoms with Gasteiger partial charge < -0.3 is 14.3 Å². The summed E-state index contributed by atoms with van der Waals surface area (Å²) >= 11 is 0. The van der Waals surface area contributed by atoms with Crippen molar-refractivity contribution in [3.63, 3.8) is 0 Å². The van der Waals surface area contributed by atoms with Crippen molar-refractivity contribution in [3.8, 4) is 0 Å². The molecule has 28 heavy (non-hydrogen) atoms. The molecule has 2 aromatic carbocycles. The average Bonchev–Trinajstić information content (AvgIpc) is 3.13. The van der Waals surface area contributed by atoms with Crippen molar-refractivity contribution in [1.82, 2.24) is 14.9 Å². The molecule has 4 rings (SSSR count). The van der Waals surface area contributed by atoms with Crippen LogP contribution >= 0.6 is 0 Å². The summed E-state index contributed by atoms with van der Waals surface area (Å²) < 4.78 is 7.49. The maximum Gasteiger partial charge on any atom is 0.272 e. The van der Waals surface area contributed by atoms with Crippen LogP contribution in [0.1, 0.15) is 41.7 Å². The van der Waals surface area contributed by atoms with Crippen LogP contribution in [0.15, 0.2) is 57.7 Å². The maximum atomic E-state index is 12.7. The van der Waals surface area contributed by atoms with E-state index in [1.54, 1.807) is 29.7 Å². The van der Waals surface area contributed by atoms with Gasteiger partial charge in [0.1, 0.15) is 17.0 Å². The molecule has 142 valence electrons. The number of hydrogen-bond acceptors (Lipinski definition) is 4. The smallest absolute Gasteiger partial charge is 0.272 e. The van der Waals surface area contributed by atoms with Gasteiger partial charge in [0.2, 0.25) is 0 Å². The number of benzene rings is 2. The number of aryl methyl sites for hydroxylation is 2. The summed E-state index contributed by atoms with van der Waals surface area (Å²) in [6, 6.07) is 14.6. The second-order valence-electron chi connectivity index (χ2n) is 6.83. The van der Waals surface area contributed by atoms with Crippen molar-refractivity contribution < 1.29 is 9.21 Å². The molecule has 0 fully saturated rings. The number of nitrogens with zero attached hydrogens (tertiary/aromatic N) is 2. The van der Waals surface area contributed by atoms with Gasteiger partial charge in [0.15, 0.2) is 0 Å². The fourth-order valence-corrected chi connectivity index (χ4v) is 3.40. The Morgan fingerprint density at radius 1 is 1.21 bits per heavy atom. The first-order chi connectivity index (χ1) is 13.5. The predicted octanol–water partition coefficient (Wildman–Crippen LogP) is 3.96. The number of hydrogen-bond donors (Lipinski definition) is 1. The third-order valence-corrected chi connectivity index (χ3v) is 4.91. The normalized spacial score (nSPS) is 12.4. The van der Waals surface area contributed by atoms with Gasteiger partial charge >= 0.3 is 0 Å². The molecule has 6 nitrogen and oxygen atoms in total. The van der Waals surface area contributed by atoms with Gasteiger partial charge in [-0.25, -0.2) is 4.98 Å². The summed E-state index contributed by atoms with van der Waals surface area (Å²) in [5.74, 6) is 0.479. The molecular formula is C22H21N3O3. The molecule has 0 spiro atoms. The first-order valence-corrected chi connectivity index (χ1v) is 9.28. The highest BCUT2D eigenvalue weighted by Gasteiger charge is 2.16. The number of furan rings is 1. The standard InChI is InChI=1S/C22H21N3O3/c1-4-25-18-10-9-16(11-17(18)23-14(3)22(25)27)21(26)24-13(2)20-12-15-7-5-6-8-19(15)28-20/h5-13H,4H2,1-3H3,(H,24,26). The van der Waals surface area contributed by atoms with Crippen LogP contribution in [0.2, 0.25) is 0 Å². The number of fused-ring (bicyclic) bond motifs is 2. The number of carbonyl (C=O) groups excluding carboxylic acids is 1. The van der Waals surface area contributed by atoms with E-state index in [4.69, 9.17) is 4.42 Å². The van der Waals surface area contributed by atoms with Crippen LogP contribution in [0.5, 0.6) is 0 Å². The van der Waals surface area contributed by atoms with Crippen molar-refractivity contribution in [2.24, 2.45) is 0 Å². The molecule has 2 aromatic heterocycles. The van der Waals surface area contributed by atoms with Crippen molar-refractivity contribution in [1.29, 1.82) is 0 Å². The van der Waals surface area contributed by atoms with E-state index in [2.05, 4.69) is 10.3 Å². The summed E-state index contributed by atoms with van der Waals surface area (Å²) in [4.78, 5) is 29.3. The van der Waals surface area contributed by atoms with Crippen LogP contribution in [0, 0.1) is 6.92 Å². The van der Waals surface area contributed by atoms with E-state index in [1.165, 1.54) is 0 Å². The van der Waals surface area contributed by atoms with Crippen molar-refractivity contribution >= 4 is 27.9 Å². The summed E-state index contributed by atoms with van der Waals surface area (Å²) in [5, 5.41) is 3.97. The SMILES string of the molecule is CCn1c(=O)c(C)nc2cc(C(=O)NC(C)c3cc4ccccc4o3)ccc21. The molecule has 2 heterocycles. The van der Waals surface area contributed by atoms with Gasteiger partial charge in [-0.3, -0.25) is 9.59 Å². The zero-order valence-electron chi connectivity index (χ0n) is 16.0. The third kappa shape index (κ3) is 3.07. The lowest BCUT2D eigenvalue weighted by atomic mass is 10.1. The zero-order chi connectivity index (χ0) is 19.8. The number of rotatable bonds is 4. The van der Waals surface area contributed by atoms with E-state index in [9.17, 15) is 9.59 Å². The first kappa shape index (κ1) is 18.0. The van der Waals surface area contributed by atoms with Gasteiger partial charge in [0, 0.05) is 17.5 Å². The number of para-hydroxylation sites is 1. The highest BCUT2D eigenvalue weighted by atomic mass is 16.3. The molecule has 6 heteroatoms. The van der Waals surface area contributed by atoms with E-state index < -0.39 is 0 Å². The second-order valence-corrected chi connectivity index (χ2v) is 6.83. The highest BCUT2D eigenvalue weighted by molar-refractivity contribution is 5.97. The second kappa shape index (κ2) is 6.96. The van der Waals surface area contributed by atoms with Crippen LogP contribution in [-0.4, -0.2) is 15.5 Å². The first-order valence-electron chi connectivity index (χ1n) is 9.28. The lowest BCUT2D eigenvalue weighted by Crippen LogP contribution is -2.27. The van der Waals surface area contributed by atoms with Crippen LogP contribution in [0.25, 0.3) is 22.0 Å². The maximum absolute atomic E-state index is 12.7. The minimum atomic E-state index is -0.283. The fourth-order valence-electron chi connectivity index (χ4n) is 3.40. The van der Waals surface area contributed by atoms with E-state index >= 15 is 0 Å². The molecule has 1 unspecified atom stereocenters. The molecule has 0 aliphatic heterocycles. The minimum Gasteiger partial charge on any atom is -0.459 e. The van der Waals surface area contributed by atoms with Gasteiger partial charge in [-0.1, -0.05) is 18.2 Å². The topological polar surface area (TPSA) is 77.1 Å². The molecule has 0 saturated heterocycles. The van der Waals surface area contributed by atoms with Gasteiger partial charge in [-0.15, -0.1) is 0 Å². The Kier molecular flexibility index (Phi) is 4.47. The van der Waals surface area contributed by atoms with E-state index in [0.717, 1.165) is 16.5 Å². The Morgan fingerprint density at radius 2 is 2.00 bits per heavy atom. The van der Waals surface area contributed by atoms with Gasteiger partial charge in [0.25, 0.3) is 11.5 Å². The van der Waals surface area contributed by atoms with Gasteiger partial charge in [-0.05, 0) is 51.1 Å². The number of aromatic nitrogens is 2. The van der Waals surface area contributed by atoms with Crippen molar-refractivity contribution in [3.05, 3.63) is 75.9 Å². The summed E-state index contributed by atoms with van der Waals surface area (Å²) in [6.07, 6.45) is 0. The van der Waals surface area contributed by atoms with Gasteiger partial charge in [0.05, 0.1) is 17.1 Å². The Morgan fingerprint density at radius 3 is 2.75 bits per heavy atom. The molecule has 4 aromatic rings. The molecule has 1 amide bonds. The fraction of sp³-hybridized carbons (Fsp3) is 0.227. The van der Waals surface area contributed by atoms with E-state index in [-0.39, 0.29) is 17.5 Å². The Bertz CT molecular complexity index is 1220. The highest BCUT2D eigenvalue weighted by Crippen LogP contribution is 2.24. The Labute approximate surface area is 161 Å². The number of amides is 1. The molecule has 0 saturated carbocycles. The van der Waals surface area contributed by atoms with E-state index in [0.29, 0.717) is 29.1 Å². The molecule has 0 aliphatic carbocycles. The monoisotopic (exact) mass is 375 g/mol. The number of carbonyl (C=O) groups is 1. The van der Waals surface area contributed by atoms with Gasteiger partial charge in [-0.2, -0.15) is 0 Å². The quantitative estimate of drug-likeness (QED) is 0.586. The lowest BCUT2D eigenvalue weighted by Gasteiger charge is -2.13. The van der Waals surface area contributed by atoms with Crippen LogP contribution in [0.4, 0.5) is 0 Å².